The number of anilines is 2. The van der Waals surface area contributed by atoms with Crippen LogP contribution in [0.3, 0.4) is 0 Å². The summed E-state index contributed by atoms with van der Waals surface area (Å²) in [5.74, 6) is -0.608. The van der Waals surface area contributed by atoms with Crippen LogP contribution in [0, 0.1) is 24.0 Å². The van der Waals surface area contributed by atoms with Gasteiger partial charge in [0.2, 0.25) is 11.8 Å². The number of aryl methyl sites for hydroxylation is 1. The molecule has 1 aromatic carbocycles. The van der Waals surface area contributed by atoms with Crippen LogP contribution in [0.25, 0.3) is 5.69 Å². The summed E-state index contributed by atoms with van der Waals surface area (Å²) in [6.45, 7) is 3.84. The predicted octanol–water partition coefficient (Wildman–Crippen LogP) is 2.61. The summed E-state index contributed by atoms with van der Waals surface area (Å²) in [6, 6.07) is 8.93. The second-order valence-electron chi connectivity index (χ2n) is 6.29. The molecule has 11 heteroatoms. The Morgan fingerprint density at radius 1 is 1.33 bits per heavy atom. The Hall–Kier alpha value is -4.28. The number of nitrogens with zero attached hydrogens (tertiary/aromatic N) is 5. The molecule has 0 fully saturated rings. The minimum Gasteiger partial charge on any atom is -0.465 e. The number of hydrogen-bond acceptors (Lipinski definition) is 9. The number of aromatic nitrogens is 3. The molecule has 0 amide bonds. The Kier molecular flexibility index (Phi) is 5.72. The third-order valence-corrected chi connectivity index (χ3v) is 4.38. The largest absolute Gasteiger partial charge is 0.465 e. The summed E-state index contributed by atoms with van der Waals surface area (Å²) in [5, 5.41) is 15.1. The van der Waals surface area contributed by atoms with E-state index >= 15 is 0 Å². The van der Waals surface area contributed by atoms with Gasteiger partial charge in [-0.2, -0.15) is 10.1 Å². The van der Waals surface area contributed by atoms with Crippen molar-refractivity contribution in [2.75, 3.05) is 18.3 Å². The number of nitrogens with two attached hydrogens (primary N) is 1. The van der Waals surface area contributed by atoms with Gasteiger partial charge in [-0.15, -0.1) is 0 Å². The third kappa shape index (κ3) is 4.09. The average Bonchev–Trinajstić information content (AvgIpc) is 3.00. The highest BCUT2D eigenvalue weighted by Crippen LogP contribution is 2.22. The topological polar surface area (TPSA) is 151 Å². The highest BCUT2D eigenvalue weighted by atomic mass is 16.6. The van der Waals surface area contributed by atoms with Gasteiger partial charge in [0.25, 0.3) is 0 Å². The average molecular weight is 409 g/mol. The molecule has 11 nitrogen and oxygen atoms in total. The zero-order valence-electron chi connectivity index (χ0n) is 16.5. The number of benzene rings is 1. The first-order chi connectivity index (χ1) is 14.3. The maximum atomic E-state index is 11.6. The third-order valence-electron chi connectivity index (χ3n) is 4.38. The predicted molar refractivity (Wildman–Crippen MR) is 111 cm³/mol. The van der Waals surface area contributed by atoms with Crippen molar-refractivity contribution in [2.24, 2.45) is 5.10 Å². The Labute approximate surface area is 171 Å². The van der Waals surface area contributed by atoms with Crippen molar-refractivity contribution in [1.29, 1.82) is 0 Å². The van der Waals surface area contributed by atoms with Gasteiger partial charge in [0.1, 0.15) is 6.20 Å². The second kappa shape index (κ2) is 8.39. The first-order valence-corrected chi connectivity index (χ1v) is 8.75. The number of hydrazone groups is 1. The molecule has 0 aliphatic heterocycles. The van der Waals surface area contributed by atoms with Crippen LogP contribution in [0.1, 0.15) is 27.3 Å². The van der Waals surface area contributed by atoms with E-state index in [0.717, 1.165) is 28.8 Å². The van der Waals surface area contributed by atoms with Gasteiger partial charge in [-0.05, 0) is 44.2 Å². The minimum absolute atomic E-state index is 0.101. The van der Waals surface area contributed by atoms with Gasteiger partial charge in [0.15, 0.2) is 0 Å². The van der Waals surface area contributed by atoms with Crippen LogP contribution in [0.15, 0.2) is 41.6 Å². The van der Waals surface area contributed by atoms with E-state index in [9.17, 15) is 14.9 Å². The van der Waals surface area contributed by atoms with E-state index in [2.05, 4.69) is 20.5 Å². The van der Waals surface area contributed by atoms with Crippen LogP contribution in [-0.2, 0) is 4.74 Å². The number of carbonyl (C=O) groups is 1. The molecular weight excluding hydrogens is 390 g/mol. The standard InChI is InChI=1S/C19H19N7O4/c1-11-8-14(9-22-24-17-16(26(28)29)10-21-19(20)23-17)12(2)25(11)15-6-4-13(5-7-15)18(27)30-3/h4-10H,1-3H3,(H3,20,21,23,24)/b22-9+. The van der Waals surface area contributed by atoms with Crippen molar-refractivity contribution in [1.82, 2.24) is 14.5 Å². The van der Waals surface area contributed by atoms with Crippen molar-refractivity contribution < 1.29 is 14.5 Å². The second-order valence-corrected chi connectivity index (χ2v) is 6.29. The Morgan fingerprint density at radius 2 is 2.03 bits per heavy atom. The molecule has 0 aliphatic carbocycles. The quantitative estimate of drug-likeness (QED) is 0.273. The smallest absolute Gasteiger partial charge is 0.337 e. The maximum Gasteiger partial charge on any atom is 0.337 e. The van der Waals surface area contributed by atoms with Crippen LogP contribution >= 0.6 is 0 Å². The Morgan fingerprint density at radius 3 is 2.67 bits per heavy atom. The van der Waals surface area contributed by atoms with Gasteiger partial charge < -0.3 is 15.0 Å². The van der Waals surface area contributed by atoms with Crippen molar-refractivity contribution in [3.63, 3.8) is 0 Å². The Balaban J connectivity index is 1.85. The molecule has 0 atom stereocenters. The molecule has 154 valence electrons. The number of ether oxygens (including phenoxy) is 1. The van der Waals surface area contributed by atoms with E-state index in [1.165, 1.54) is 13.3 Å². The van der Waals surface area contributed by atoms with E-state index in [-0.39, 0.29) is 17.5 Å². The highest BCUT2D eigenvalue weighted by Gasteiger charge is 2.16. The first-order valence-electron chi connectivity index (χ1n) is 8.75. The fourth-order valence-corrected chi connectivity index (χ4v) is 2.95. The lowest BCUT2D eigenvalue weighted by Gasteiger charge is -2.10. The summed E-state index contributed by atoms with van der Waals surface area (Å²) in [5.41, 5.74) is 11.6. The van der Waals surface area contributed by atoms with E-state index in [4.69, 9.17) is 10.5 Å². The summed E-state index contributed by atoms with van der Waals surface area (Å²) >= 11 is 0. The number of esters is 1. The molecule has 0 bridgehead atoms. The molecule has 30 heavy (non-hydrogen) atoms. The van der Waals surface area contributed by atoms with Gasteiger partial charge in [-0.1, -0.05) is 0 Å². The fourth-order valence-electron chi connectivity index (χ4n) is 2.95. The van der Waals surface area contributed by atoms with Crippen molar-refractivity contribution in [3.8, 4) is 5.69 Å². The van der Waals surface area contributed by atoms with Crippen LogP contribution in [0.2, 0.25) is 0 Å². The lowest BCUT2D eigenvalue weighted by molar-refractivity contribution is -0.384. The van der Waals surface area contributed by atoms with Crippen LogP contribution in [0.5, 0.6) is 0 Å². The van der Waals surface area contributed by atoms with Gasteiger partial charge in [-0.25, -0.2) is 9.78 Å². The number of nitrogen functional groups attached to an aromatic ring is 1. The molecule has 0 spiro atoms. The summed E-state index contributed by atoms with van der Waals surface area (Å²) < 4.78 is 6.71. The van der Waals surface area contributed by atoms with E-state index in [1.807, 2.05) is 36.6 Å². The number of nitrogens with one attached hydrogen (secondary N) is 1. The summed E-state index contributed by atoms with van der Waals surface area (Å²) in [4.78, 5) is 29.5. The number of methoxy groups -OCH3 is 1. The van der Waals surface area contributed by atoms with Crippen LogP contribution in [-0.4, -0.2) is 38.8 Å². The molecule has 0 saturated carbocycles. The minimum atomic E-state index is -0.624. The molecular formula is C19H19N7O4. The molecule has 2 aromatic heterocycles. The fraction of sp³-hybridized carbons (Fsp3) is 0.158. The van der Waals surface area contributed by atoms with Crippen molar-refractivity contribution in [3.05, 3.63) is 69.2 Å². The molecule has 0 saturated heterocycles. The van der Waals surface area contributed by atoms with E-state index < -0.39 is 10.9 Å². The summed E-state index contributed by atoms with van der Waals surface area (Å²) in [7, 11) is 1.33. The van der Waals surface area contributed by atoms with E-state index in [0.29, 0.717) is 5.56 Å². The Bertz CT molecular complexity index is 1140. The lowest BCUT2D eigenvalue weighted by Crippen LogP contribution is -2.04. The molecule has 0 radical (unpaired) electrons. The molecule has 3 aromatic rings. The first kappa shape index (κ1) is 20.5. The van der Waals surface area contributed by atoms with Crippen molar-refractivity contribution >= 4 is 29.6 Å². The van der Waals surface area contributed by atoms with Crippen molar-refractivity contribution in [2.45, 2.75) is 13.8 Å². The molecule has 0 aliphatic rings. The van der Waals surface area contributed by atoms with Gasteiger partial charge in [-0.3, -0.25) is 15.5 Å². The van der Waals surface area contributed by atoms with Crippen LogP contribution < -0.4 is 11.2 Å². The molecule has 2 heterocycles. The zero-order chi connectivity index (χ0) is 21.8. The highest BCUT2D eigenvalue weighted by molar-refractivity contribution is 5.89. The monoisotopic (exact) mass is 409 g/mol. The molecule has 3 N–H and O–H groups in total. The zero-order valence-corrected chi connectivity index (χ0v) is 16.5. The van der Waals surface area contributed by atoms with E-state index in [1.54, 1.807) is 12.1 Å². The normalized spacial score (nSPS) is 10.9. The number of hydrogen-bond donors (Lipinski definition) is 2. The lowest BCUT2D eigenvalue weighted by atomic mass is 10.2. The van der Waals surface area contributed by atoms with Crippen LogP contribution in [0.4, 0.5) is 17.5 Å². The maximum absolute atomic E-state index is 11.6. The molecule has 3 rings (SSSR count). The number of rotatable bonds is 6. The SMILES string of the molecule is COC(=O)c1ccc(-n2c(C)cc(/C=N/Nc3nc(N)ncc3[N+](=O)[O-])c2C)cc1. The van der Waals surface area contributed by atoms with Gasteiger partial charge in [0.05, 0.1) is 23.8 Å². The number of nitro groups is 1. The number of carbonyl (C=O) groups excluding carboxylic acids is 1. The summed E-state index contributed by atoms with van der Waals surface area (Å²) in [6.07, 6.45) is 2.55. The molecule has 0 unspecified atom stereocenters. The van der Waals surface area contributed by atoms with Gasteiger partial charge in [0, 0.05) is 22.6 Å². The van der Waals surface area contributed by atoms with Gasteiger partial charge >= 0.3 is 11.7 Å².